The largest absolute Gasteiger partial charge is 0.466 e. The van der Waals surface area contributed by atoms with Crippen molar-refractivity contribution in [3.8, 4) is 5.88 Å². The molecule has 0 saturated carbocycles. The predicted octanol–water partition coefficient (Wildman–Crippen LogP) is 4.33. The van der Waals surface area contributed by atoms with Crippen LogP contribution >= 0.6 is 0 Å². The van der Waals surface area contributed by atoms with Crippen LogP contribution < -0.4 is 4.74 Å². The van der Waals surface area contributed by atoms with E-state index in [2.05, 4.69) is 31.2 Å². The van der Waals surface area contributed by atoms with Crippen molar-refractivity contribution in [1.82, 2.24) is 19.7 Å². The van der Waals surface area contributed by atoms with E-state index in [-0.39, 0.29) is 23.6 Å². The van der Waals surface area contributed by atoms with Crippen molar-refractivity contribution in [1.29, 1.82) is 0 Å². The lowest BCUT2D eigenvalue weighted by molar-refractivity contribution is -0.252. The third kappa shape index (κ3) is 5.56. The number of allylic oxidation sites excluding steroid dienone is 2. The summed E-state index contributed by atoms with van der Waals surface area (Å²) in [6.45, 7) is 4.31. The summed E-state index contributed by atoms with van der Waals surface area (Å²) >= 11 is 0. The van der Waals surface area contributed by atoms with Crippen LogP contribution in [-0.2, 0) is 10.8 Å². The number of pyridine rings is 1. The number of hydrogen-bond acceptors (Lipinski definition) is 5. The molecule has 6 nitrogen and oxygen atoms in total. The Morgan fingerprint density at radius 2 is 1.93 bits per heavy atom. The van der Waals surface area contributed by atoms with Gasteiger partial charge in [0.2, 0.25) is 5.82 Å². The molecular formula is C17H16F6N4O2. The van der Waals surface area contributed by atoms with Crippen molar-refractivity contribution in [3.63, 3.8) is 0 Å². The van der Waals surface area contributed by atoms with E-state index in [1.165, 1.54) is 19.9 Å². The molecule has 0 atom stereocenters. The van der Waals surface area contributed by atoms with Gasteiger partial charge in [0.05, 0.1) is 6.61 Å². The van der Waals surface area contributed by atoms with Crippen LogP contribution in [0.4, 0.5) is 26.3 Å². The average molecular weight is 422 g/mol. The number of hydrogen-bond donors (Lipinski definition) is 0. The fourth-order valence-electron chi connectivity index (χ4n) is 2.19. The summed E-state index contributed by atoms with van der Waals surface area (Å²) in [6.07, 6.45) is -5.01. The minimum atomic E-state index is -4.66. The van der Waals surface area contributed by atoms with Gasteiger partial charge in [-0.15, -0.1) is 10.2 Å². The molecule has 0 N–H and O–H groups in total. The molecule has 0 fully saturated rings. The quantitative estimate of drug-likeness (QED) is 0.468. The molecule has 29 heavy (non-hydrogen) atoms. The summed E-state index contributed by atoms with van der Waals surface area (Å²) in [4.78, 5) is 3.50. The second-order valence-electron chi connectivity index (χ2n) is 5.59. The minimum absolute atomic E-state index is 0.0515. The number of aryl methyl sites for hydroxylation is 1. The van der Waals surface area contributed by atoms with E-state index < -0.39 is 36.4 Å². The van der Waals surface area contributed by atoms with Crippen molar-refractivity contribution in [2.75, 3.05) is 13.2 Å². The zero-order valence-corrected chi connectivity index (χ0v) is 15.3. The van der Waals surface area contributed by atoms with E-state index in [1.54, 1.807) is 0 Å². The van der Waals surface area contributed by atoms with Crippen LogP contribution in [-0.4, -0.2) is 39.1 Å². The first-order valence-corrected chi connectivity index (χ1v) is 8.12. The van der Waals surface area contributed by atoms with Crippen molar-refractivity contribution >= 4 is 11.8 Å². The van der Waals surface area contributed by atoms with E-state index in [1.807, 2.05) is 0 Å². The highest BCUT2D eigenvalue weighted by Gasteiger charge is 2.39. The monoisotopic (exact) mass is 422 g/mol. The Hall–Kier alpha value is -2.89. The molecular weight excluding hydrogens is 406 g/mol. The van der Waals surface area contributed by atoms with Crippen molar-refractivity contribution < 1.29 is 35.8 Å². The normalized spacial score (nSPS) is 12.9. The molecule has 158 valence electrons. The molecule has 0 aliphatic carbocycles. The molecule has 0 unspecified atom stereocenters. The lowest BCUT2D eigenvalue weighted by Gasteiger charge is -2.15. The molecule has 0 radical (unpaired) electrons. The zero-order chi connectivity index (χ0) is 21.8. The maximum atomic E-state index is 14.1. The summed E-state index contributed by atoms with van der Waals surface area (Å²) in [7, 11) is 0. The van der Waals surface area contributed by atoms with Crippen LogP contribution in [0.25, 0.3) is 11.8 Å². The van der Waals surface area contributed by atoms with Gasteiger partial charge in [-0.3, -0.25) is 4.57 Å². The van der Waals surface area contributed by atoms with Gasteiger partial charge in [-0.05, 0) is 25.5 Å². The minimum Gasteiger partial charge on any atom is -0.466 e. The Morgan fingerprint density at radius 3 is 2.48 bits per heavy atom. The molecule has 2 heterocycles. The number of rotatable bonds is 8. The van der Waals surface area contributed by atoms with E-state index in [4.69, 9.17) is 0 Å². The molecule has 0 saturated heterocycles. The van der Waals surface area contributed by atoms with Crippen LogP contribution in [0.1, 0.15) is 24.1 Å². The van der Waals surface area contributed by atoms with Crippen molar-refractivity contribution in [2.45, 2.75) is 26.1 Å². The molecule has 0 spiro atoms. The Balaban J connectivity index is 2.40. The van der Waals surface area contributed by atoms with Gasteiger partial charge in [0.1, 0.15) is 5.82 Å². The van der Waals surface area contributed by atoms with Gasteiger partial charge in [0.25, 0.3) is 5.88 Å². The highest BCUT2D eigenvalue weighted by Crippen LogP contribution is 2.30. The SMILES string of the molecule is C=C/C(=C\n1c(C)nnc1C(F)(F)OCC)c1cnc(OCC(F)(F)F)c(F)c1. The summed E-state index contributed by atoms with van der Waals surface area (Å²) in [5, 5.41) is 6.99. The lowest BCUT2D eigenvalue weighted by Crippen LogP contribution is -2.22. The van der Waals surface area contributed by atoms with Gasteiger partial charge in [0.15, 0.2) is 12.4 Å². The van der Waals surface area contributed by atoms with Gasteiger partial charge < -0.3 is 9.47 Å². The third-order valence-electron chi connectivity index (χ3n) is 3.45. The molecule has 0 aliphatic rings. The molecule has 0 bridgehead atoms. The van der Waals surface area contributed by atoms with E-state index >= 15 is 0 Å². The van der Waals surface area contributed by atoms with E-state index in [9.17, 15) is 26.3 Å². The topological polar surface area (TPSA) is 62.1 Å². The first kappa shape index (κ1) is 22.4. The van der Waals surface area contributed by atoms with Gasteiger partial charge >= 0.3 is 12.3 Å². The van der Waals surface area contributed by atoms with Crippen LogP contribution in [0, 0.1) is 12.7 Å². The fourth-order valence-corrected chi connectivity index (χ4v) is 2.19. The second-order valence-corrected chi connectivity index (χ2v) is 5.59. The number of halogens is 6. The highest BCUT2D eigenvalue weighted by molar-refractivity contribution is 5.82. The molecule has 0 aliphatic heterocycles. The van der Waals surface area contributed by atoms with Gasteiger partial charge in [-0.25, -0.2) is 9.37 Å². The Morgan fingerprint density at radius 1 is 1.24 bits per heavy atom. The molecule has 2 rings (SSSR count). The molecule has 12 heteroatoms. The van der Waals surface area contributed by atoms with Gasteiger partial charge in [-0.2, -0.15) is 22.0 Å². The predicted molar refractivity (Wildman–Crippen MR) is 90.4 cm³/mol. The fraction of sp³-hybridized carbons (Fsp3) is 0.353. The van der Waals surface area contributed by atoms with Crippen LogP contribution in [0.5, 0.6) is 5.88 Å². The van der Waals surface area contributed by atoms with Crippen molar-refractivity contribution in [2.24, 2.45) is 0 Å². The maximum absolute atomic E-state index is 14.1. The van der Waals surface area contributed by atoms with Crippen molar-refractivity contribution in [3.05, 3.63) is 47.9 Å². The summed E-state index contributed by atoms with van der Waals surface area (Å²) in [5.41, 5.74) is 0.172. The number of aromatic nitrogens is 4. The Kier molecular flexibility index (Phi) is 6.67. The smallest absolute Gasteiger partial charge is 0.422 e. The number of alkyl halides is 5. The lowest BCUT2D eigenvalue weighted by atomic mass is 10.1. The summed E-state index contributed by atoms with van der Waals surface area (Å²) < 4.78 is 88.4. The highest BCUT2D eigenvalue weighted by atomic mass is 19.4. The van der Waals surface area contributed by atoms with Crippen LogP contribution in [0.2, 0.25) is 0 Å². The third-order valence-corrected chi connectivity index (χ3v) is 3.45. The summed E-state index contributed by atoms with van der Waals surface area (Å²) in [5.74, 6) is -2.74. The first-order valence-electron chi connectivity index (χ1n) is 8.12. The zero-order valence-electron chi connectivity index (χ0n) is 15.3. The standard InChI is InChI=1S/C17H16F6N4O2/c1-4-11(8-27-10(3)25-26-15(27)17(22,23)29-5-2)12-6-13(18)14(24-7-12)28-9-16(19,20)21/h4,6-8H,1,5,9H2,2-3H3/b11-8+. The van der Waals surface area contributed by atoms with E-state index in [0.29, 0.717) is 0 Å². The maximum Gasteiger partial charge on any atom is 0.422 e. The van der Waals surface area contributed by atoms with Gasteiger partial charge in [0, 0.05) is 18.0 Å². The average Bonchev–Trinajstić information content (AvgIpc) is 2.99. The number of nitrogens with zero attached hydrogens (tertiary/aromatic N) is 4. The van der Waals surface area contributed by atoms with Crippen LogP contribution in [0.15, 0.2) is 24.9 Å². The first-order chi connectivity index (χ1) is 13.5. The Bertz CT molecular complexity index is 908. The molecule has 0 amide bonds. The second kappa shape index (κ2) is 8.64. The molecule has 2 aromatic heterocycles. The number of ether oxygens (including phenoxy) is 2. The summed E-state index contributed by atoms with van der Waals surface area (Å²) in [6, 6.07) is 0.840. The Labute approximate surface area is 161 Å². The molecule has 0 aromatic carbocycles. The van der Waals surface area contributed by atoms with Crippen LogP contribution in [0.3, 0.4) is 0 Å². The van der Waals surface area contributed by atoms with E-state index in [0.717, 1.165) is 23.0 Å². The van der Waals surface area contributed by atoms with Gasteiger partial charge in [-0.1, -0.05) is 12.7 Å². The molecule has 2 aromatic rings.